The Morgan fingerprint density at radius 1 is 1.11 bits per heavy atom. The van der Waals surface area contributed by atoms with E-state index < -0.39 is 0 Å². The van der Waals surface area contributed by atoms with E-state index in [0.717, 1.165) is 5.56 Å². The van der Waals surface area contributed by atoms with Crippen molar-refractivity contribution in [3.63, 3.8) is 0 Å². The SMILES string of the molecule is CC(C)[C@@H](NC(=O)CCN1C(=O)[C@H]2CC=CC[C@H]2C1=O)c1ccc(Cl)cc1. The number of halogens is 1. The zero-order chi connectivity index (χ0) is 19.6. The zero-order valence-electron chi connectivity index (χ0n) is 15.7. The van der Waals surface area contributed by atoms with Crippen molar-refractivity contribution >= 4 is 29.3 Å². The summed E-state index contributed by atoms with van der Waals surface area (Å²) < 4.78 is 0. The Labute approximate surface area is 164 Å². The van der Waals surface area contributed by atoms with Gasteiger partial charge >= 0.3 is 0 Å². The van der Waals surface area contributed by atoms with E-state index in [1.165, 1.54) is 4.90 Å². The predicted octanol–water partition coefficient (Wildman–Crippen LogP) is 3.49. The first-order valence-electron chi connectivity index (χ1n) is 9.43. The maximum atomic E-state index is 12.5. The average Bonchev–Trinajstić information content (AvgIpc) is 2.90. The lowest BCUT2D eigenvalue weighted by Gasteiger charge is -2.23. The number of rotatable bonds is 6. The van der Waals surface area contributed by atoms with Crippen LogP contribution in [-0.4, -0.2) is 29.2 Å². The molecule has 5 nitrogen and oxygen atoms in total. The van der Waals surface area contributed by atoms with Gasteiger partial charge in [0.15, 0.2) is 0 Å². The molecule has 0 spiro atoms. The minimum atomic E-state index is -0.247. The maximum absolute atomic E-state index is 12.5. The van der Waals surface area contributed by atoms with E-state index in [9.17, 15) is 14.4 Å². The number of hydrogen-bond donors (Lipinski definition) is 1. The average molecular weight is 389 g/mol. The number of hydrogen-bond acceptors (Lipinski definition) is 3. The van der Waals surface area contributed by atoms with E-state index in [-0.39, 0.29) is 54.5 Å². The van der Waals surface area contributed by atoms with E-state index in [2.05, 4.69) is 5.32 Å². The number of carbonyl (C=O) groups is 3. The zero-order valence-corrected chi connectivity index (χ0v) is 16.4. The van der Waals surface area contributed by atoms with Gasteiger partial charge in [-0.3, -0.25) is 19.3 Å². The first-order valence-corrected chi connectivity index (χ1v) is 9.81. The number of fused-ring (bicyclic) bond motifs is 1. The highest BCUT2D eigenvalue weighted by atomic mass is 35.5. The van der Waals surface area contributed by atoms with Gasteiger partial charge in [-0.15, -0.1) is 0 Å². The third kappa shape index (κ3) is 4.24. The number of allylic oxidation sites excluding steroid dienone is 2. The van der Waals surface area contributed by atoms with E-state index in [1.54, 1.807) is 12.1 Å². The molecule has 0 radical (unpaired) electrons. The summed E-state index contributed by atoms with van der Waals surface area (Å²) in [6.45, 7) is 4.21. The van der Waals surface area contributed by atoms with E-state index in [1.807, 2.05) is 38.1 Å². The molecule has 0 bridgehead atoms. The second-order valence-corrected chi connectivity index (χ2v) is 8.01. The molecule has 6 heteroatoms. The van der Waals surface area contributed by atoms with Crippen molar-refractivity contribution in [3.8, 4) is 0 Å². The molecule has 1 N–H and O–H groups in total. The predicted molar refractivity (Wildman–Crippen MR) is 104 cm³/mol. The van der Waals surface area contributed by atoms with Gasteiger partial charge in [-0.25, -0.2) is 0 Å². The van der Waals surface area contributed by atoms with Crippen molar-refractivity contribution in [2.75, 3.05) is 6.54 Å². The van der Waals surface area contributed by atoms with Gasteiger partial charge in [0.25, 0.3) is 0 Å². The Hall–Kier alpha value is -2.14. The molecule has 1 aromatic carbocycles. The first kappa shape index (κ1) is 19.6. The minimum absolute atomic E-state index is 0.112. The van der Waals surface area contributed by atoms with Crippen molar-refractivity contribution in [1.29, 1.82) is 0 Å². The van der Waals surface area contributed by atoms with Gasteiger partial charge in [-0.1, -0.05) is 49.7 Å². The molecular formula is C21H25ClN2O3. The molecule has 0 unspecified atom stereocenters. The summed E-state index contributed by atoms with van der Waals surface area (Å²) in [7, 11) is 0. The van der Waals surface area contributed by atoms with Gasteiger partial charge in [-0.2, -0.15) is 0 Å². The van der Waals surface area contributed by atoms with Gasteiger partial charge < -0.3 is 5.32 Å². The minimum Gasteiger partial charge on any atom is -0.349 e. The van der Waals surface area contributed by atoms with Crippen molar-refractivity contribution in [3.05, 3.63) is 47.0 Å². The number of nitrogens with zero attached hydrogens (tertiary/aromatic N) is 1. The van der Waals surface area contributed by atoms with Crippen molar-refractivity contribution in [2.24, 2.45) is 17.8 Å². The smallest absolute Gasteiger partial charge is 0.233 e. The molecule has 1 fully saturated rings. The summed E-state index contributed by atoms with van der Waals surface area (Å²) in [5, 5.41) is 3.67. The van der Waals surface area contributed by atoms with Crippen LogP contribution in [0.25, 0.3) is 0 Å². The topological polar surface area (TPSA) is 66.5 Å². The molecule has 1 aliphatic heterocycles. The van der Waals surface area contributed by atoms with Crippen LogP contribution in [0.3, 0.4) is 0 Å². The summed E-state index contributed by atoms with van der Waals surface area (Å²) in [6.07, 6.45) is 5.26. The molecular weight excluding hydrogens is 364 g/mol. The normalized spacial score (nSPS) is 22.9. The second-order valence-electron chi connectivity index (χ2n) is 7.57. The lowest BCUT2D eigenvalue weighted by atomic mass is 9.85. The van der Waals surface area contributed by atoms with Crippen LogP contribution in [0.2, 0.25) is 5.02 Å². The van der Waals surface area contributed by atoms with Crippen LogP contribution >= 0.6 is 11.6 Å². The van der Waals surface area contributed by atoms with Crippen LogP contribution in [0.15, 0.2) is 36.4 Å². The molecule has 0 aromatic heterocycles. The molecule has 144 valence electrons. The Morgan fingerprint density at radius 2 is 1.67 bits per heavy atom. The Bertz CT molecular complexity index is 731. The Balaban J connectivity index is 1.59. The number of imide groups is 1. The molecule has 1 aliphatic carbocycles. The van der Waals surface area contributed by atoms with Gasteiger partial charge in [0.2, 0.25) is 17.7 Å². The van der Waals surface area contributed by atoms with Gasteiger partial charge in [0.05, 0.1) is 17.9 Å². The molecule has 3 rings (SSSR count). The van der Waals surface area contributed by atoms with Crippen LogP contribution in [0.5, 0.6) is 0 Å². The third-order valence-corrected chi connectivity index (χ3v) is 5.63. The first-order chi connectivity index (χ1) is 12.9. The molecule has 27 heavy (non-hydrogen) atoms. The van der Waals surface area contributed by atoms with Crippen LogP contribution in [0.1, 0.15) is 44.7 Å². The Kier molecular flexibility index (Phi) is 6.00. The fourth-order valence-electron chi connectivity index (χ4n) is 3.85. The van der Waals surface area contributed by atoms with Crippen LogP contribution in [-0.2, 0) is 14.4 Å². The maximum Gasteiger partial charge on any atom is 0.233 e. The quantitative estimate of drug-likeness (QED) is 0.599. The van der Waals surface area contributed by atoms with Gasteiger partial charge in [0, 0.05) is 18.0 Å². The van der Waals surface area contributed by atoms with Crippen LogP contribution < -0.4 is 5.32 Å². The number of benzene rings is 1. The summed E-state index contributed by atoms with van der Waals surface area (Å²) in [6, 6.07) is 7.26. The summed E-state index contributed by atoms with van der Waals surface area (Å²) >= 11 is 5.94. The van der Waals surface area contributed by atoms with E-state index in [0.29, 0.717) is 17.9 Å². The molecule has 1 aromatic rings. The Morgan fingerprint density at radius 3 is 2.19 bits per heavy atom. The summed E-state index contributed by atoms with van der Waals surface area (Å²) in [4.78, 5) is 38.7. The highest BCUT2D eigenvalue weighted by Gasteiger charge is 2.46. The second kappa shape index (κ2) is 8.26. The highest BCUT2D eigenvalue weighted by molar-refractivity contribution is 6.30. The highest BCUT2D eigenvalue weighted by Crippen LogP contribution is 2.35. The van der Waals surface area contributed by atoms with Gasteiger partial charge in [-0.05, 0) is 36.5 Å². The number of likely N-dealkylation sites (tertiary alicyclic amines) is 1. The monoisotopic (exact) mass is 388 g/mol. The molecule has 1 saturated heterocycles. The van der Waals surface area contributed by atoms with Gasteiger partial charge in [0.1, 0.15) is 0 Å². The van der Waals surface area contributed by atoms with Crippen molar-refractivity contribution < 1.29 is 14.4 Å². The summed E-state index contributed by atoms with van der Waals surface area (Å²) in [5.41, 5.74) is 0.980. The third-order valence-electron chi connectivity index (χ3n) is 5.37. The number of nitrogens with one attached hydrogen (secondary N) is 1. The lowest BCUT2D eigenvalue weighted by Crippen LogP contribution is -2.37. The molecule has 2 aliphatic rings. The van der Waals surface area contributed by atoms with Crippen molar-refractivity contribution in [1.82, 2.24) is 10.2 Å². The fraction of sp³-hybridized carbons (Fsp3) is 0.476. The van der Waals surface area contributed by atoms with Crippen molar-refractivity contribution in [2.45, 2.75) is 39.2 Å². The van der Waals surface area contributed by atoms with E-state index in [4.69, 9.17) is 11.6 Å². The molecule has 1 heterocycles. The standard InChI is InChI=1S/C21H25ClN2O3/c1-13(2)19(14-7-9-15(22)10-8-14)23-18(25)11-12-24-20(26)16-5-3-4-6-17(16)21(24)27/h3-4,7-10,13,16-17,19H,5-6,11-12H2,1-2H3,(H,23,25)/t16-,17+,19-/m1/s1. The number of amides is 3. The molecule has 3 amide bonds. The molecule has 0 saturated carbocycles. The number of carbonyl (C=O) groups excluding carboxylic acids is 3. The largest absolute Gasteiger partial charge is 0.349 e. The van der Waals surface area contributed by atoms with Crippen LogP contribution in [0, 0.1) is 17.8 Å². The molecule has 3 atom stereocenters. The summed E-state index contributed by atoms with van der Waals surface area (Å²) in [5.74, 6) is -0.747. The lowest BCUT2D eigenvalue weighted by molar-refractivity contribution is -0.140. The van der Waals surface area contributed by atoms with Crippen LogP contribution in [0.4, 0.5) is 0 Å². The van der Waals surface area contributed by atoms with E-state index >= 15 is 0 Å². The fourth-order valence-corrected chi connectivity index (χ4v) is 3.98.